The number of aliphatic hydroxyl groups excluding tert-OH is 1. The van der Waals surface area contributed by atoms with E-state index in [4.69, 9.17) is 0 Å². The highest BCUT2D eigenvalue weighted by Crippen LogP contribution is 2.26. The highest BCUT2D eigenvalue weighted by atomic mass is 19.3. The van der Waals surface area contributed by atoms with Gasteiger partial charge in [-0.25, -0.2) is 4.98 Å². The molecule has 0 amide bonds. The normalized spacial score (nSPS) is 16.1. The highest BCUT2D eigenvalue weighted by molar-refractivity contribution is 5.65. The lowest BCUT2D eigenvalue weighted by Gasteiger charge is -2.31. The lowest BCUT2D eigenvalue weighted by molar-refractivity contribution is 0.0680. The summed E-state index contributed by atoms with van der Waals surface area (Å²) < 4.78 is 26.7. The van der Waals surface area contributed by atoms with Crippen LogP contribution >= 0.6 is 0 Å². The van der Waals surface area contributed by atoms with Gasteiger partial charge in [0.25, 0.3) is 0 Å². The summed E-state index contributed by atoms with van der Waals surface area (Å²) in [7, 11) is 0. The molecule has 3 rings (SSSR count). The van der Waals surface area contributed by atoms with Crippen LogP contribution in [0, 0.1) is 0 Å². The average molecular weight is 322 g/mol. The molecule has 1 aliphatic rings. The molecule has 2 N–H and O–H groups in total. The number of nitrogens with zero attached hydrogens (tertiary/aromatic N) is 3. The highest BCUT2D eigenvalue weighted by Gasteiger charge is 2.20. The van der Waals surface area contributed by atoms with Crippen LogP contribution in [-0.2, 0) is 6.54 Å². The van der Waals surface area contributed by atoms with E-state index in [1.807, 2.05) is 12.1 Å². The third-order valence-electron chi connectivity index (χ3n) is 4.09. The first-order valence-corrected chi connectivity index (χ1v) is 7.71. The fraction of sp³-hybridized carbons (Fsp3) is 0.438. The summed E-state index contributed by atoms with van der Waals surface area (Å²) in [5.74, 6) is 0.801. The second kappa shape index (κ2) is 6.95. The van der Waals surface area contributed by atoms with Gasteiger partial charge in [0.15, 0.2) is 5.82 Å². The third kappa shape index (κ3) is 3.61. The number of nitrogens with one attached hydrogen (secondary N) is 1. The van der Waals surface area contributed by atoms with Crippen LogP contribution in [0.15, 0.2) is 36.7 Å². The van der Waals surface area contributed by atoms with Crippen LogP contribution in [0.5, 0.6) is 0 Å². The predicted octanol–water partition coefficient (Wildman–Crippen LogP) is 2.85. The van der Waals surface area contributed by atoms with Gasteiger partial charge in [0.05, 0.1) is 18.3 Å². The number of alkyl halides is 2. The van der Waals surface area contributed by atoms with Crippen molar-refractivity contribution in [1.82, 2.24) is 9.55 Å². The minimum Gasteiger partial charge on any atom is -0.393 e. The Balaban J connectivity index is 1.72. The van der Waals surface area contributed by atoms with E-state index >= 15 is 0 Å². The van der Waals surface area contributed by atoms with E-state index in [1.165, 1.54) is 6.20 Å². The smallest absolute Gasteiger partial charge is 0.318 e. The fourth-order valence-electron chi connectivity index (χ4n) is 2.82. The lowest BCUT2D eigenvalue weighted by Crippen LogP contribution is -2.36. The Hall–Kier alpha value is -2.15. The first kappa shape index (κ1) is 15.7. The number of halogens is 2. The van der Waals surface area contributed by atoms with E-state index in [1.54, 1.807) is 18.3 Å². The maximum atomic E-state index is 12.9. The van der Waals surface area contributed by atoms with Crippen LogP contribution in [0.1, 0.15) is 25.1 Å². The molecular weight excluding hydrogens is 302 g/mol. The van der Waals surface area contributed by atoms with Gasteiger partial charge in [-0.15, -0.1) is 0 Å². The van der Waals surface area contributed by atoms with Crippen LogP contribution in [0.3, 0.4) is 0 Å². The Morgan fingerprint density at radius 2 is 2.04 bits per heavy atom. The van der Waals surface area contributed by atoms with Gasteiger partial charge in [-0.3, -0.25) is 4.57 Å². The zero-order valence-electron chi connectivity index (χ0n) is 12.7. The number of rotatable bonds is 5. The number of aromatic nitrogens is 2. The van der Waals surface area contributed by atoms with Gasteiger partial charge in [0.1, 0.15) is 0 Å². The van der Waals surface area contributed by atoms with Crippen LogP contribution in [0.2, 0.25) is 0 Å². The number of anilines is 2. The van der Waals surface area contributed by atoms with Gasteiger partial charge < -0.3 is 15.3 Å². The largest absolute Gasteiger partial charge is 0.393 e. The van der Waals surface area contributed by atoms with Crippen molar-refractivity contribution >= 4 is 11.5 Å². The van der Waals surface area contributed by atoms with Gasteiger partial charge in [-0.2, -0.15) is 8.78 Å². The molecule has 0 atom stereocenters. The molecule has 0 saturated carbocycles. The lowest BCUT2D eigenvalue weighted by atomic mass is 10.1. The van der Waals surface area contributed by atoms with Crippen LogP contribution < -0.4 is 10.2 Å². The minimum atomic E-state index is -2.54. The molecule has 1 aliphatic heterocycles. The molecule has 7 heteroatoms. The Morgan fingerprint density at radius 1 is 1.26 bits per heavy atom. The quantitative estimate of drug-likeness (QED) is 0.889. The van der Waals surface area contributed by atoms with Crippen LogP contribution in [0.25, 0.3) is 0 Å². The average Bonchev–Trinajstić information content (AvgIpc) is 3.03. The summed E-state index contributed by atoms with van der Waals surface area (Å²) in [6.45, 7) is -0.772. The van der Waals surface area contributed by atoms with Crippen molar-refractivity contribution in [1.29, 1.82) is 0 Å². The molecule has 23 heavy (non-hydrogen) atoms. The van der Waals surface area contributed by atoms with Crippen molar-refractivity contribution in [2.24, 2.45) is 0 Å². The summed E-state index contributed by atoms with van der Waals surface area (Å²) in [6.07, 6.45) is 4.26. The van der Waals surface area contributed by atoms with Gasteiger partial charge >= 0.3 is 6.55 Å². The summed E-state index contributed by atoms with van der Waals surface area (Å²) in [5.41, 5.74) is 1.33. The van der Waals surface area contributed by atoms with Crippen molar-refractivity contribution in [2.45, 2.75) is 32.0 Å². The van der Waals surface area contributed by atoms with Crippen molar-refractivity contribution < 1.29 is 13.9 Å². The third-order valence-corrected chi connectivity index (χ3v) is 4.09. The van der Waals surface area contributed by atoms with E-state index in [9.17, 15) is 13.9 Å². The van der Waals surface area contributed by atoms with Gasteiger partial charge in [-0.05, 0) is 37.1 Å². The standard InChI is InChI=1S/C16H20F2N4O/c17-16(18)22-8-2-3-12(22)11-20-14-4-1-7-19-15(14)21-9-5-13(23)6-10-21/h1-4,7-8,13,16,20,23H,5-6,9-11H2. The molecule has 0 aromatic carbocycles. The van der Waals surface area contributed by atoms with Crippen LogP contribution in [0.4, 0.5) is 20.3 Å². The van der Waals surface area contributed by atoms with Gasteiger partial charge in [-0.1, -0.05) is 0 Å². The van der Waals surface area contributed by atoms with Crippen molar-refractivity contribution in [3.05, 3.63) is 42.4 Å². The summed E-state index contributed by atoms with van der Waals surface area (Å²) >= 11 is 0. The summed E-state index contributed by atoms with van der Waals surface area (Å²) in [6, 6.07) is 6.99. The Labute approximate surface area is 133 Å². The minimum absolute atomic E-state index is 0.249. The molecule has 0 aliphatic carbocycles. The topological polar surface area (TPSA) is 53.3 Å². The number of hydrogen-bond acceptors (Lipinski definition) is 4. The first-order valence-electron chi connectivity index (χ1n) is 7.71. The number of piperidine rings is 1. The zero-order valence-corrected chi connectivity index (χ0v) is 12.7. The Bertz CT molecular complexity index is 639. The number of aliphatic hydroxyl groups is 1. The Kier molecular flexibility index (Phi) is 4.76. The summed E-state index contributed by atoms with van der Waals surface area (Å²) in [4.78, 5) is 6.52. The van der Waals surface area contributed by atoms with E-state index < -0.39 is 6.55 Å². The van der Waals surface area contributed by atoms with Gasteiger partial charge in [0.2, 0.25) is 0 Å². The molecule has 3 heterocycles. The molecule has 0 bridgehead atoms. The second-order valence-corrected chi connectivity index (χ2v) is 5.63. The second-order valence-electron chi connectivity index (χ2n) is 5.63. The van der Waals surface area contributed by atoms with Gasteiger partial charge in [0, 0.05) is 31.2 Å². The molecule has 0 spiro atoms. The van der Waals surface area contributed by atoms with E-state index in [0.717, 1.165) is 29.2 Å². The summed E-state index contributed by atoms with van der Waals surface area (Å²) in [5, 5.41) is 12.8. The predicted molar refractivity (Wildman–Crippen MR) is 84.7 cm³/mol. The van der Waals surface area contributed by atoms with E-state index in [2.05, 4.69) is 15.2 Å². The number of pyridine rings is 1. The monoisotopic (exact) mass is 322 g/mol. The number of hydrogen-bond donors (Lipinski definition) is 2. The zero-order chi connectivity index (χ0) is 16.2. The molecule has 0 radical (unpaired) electrons. The molecule has 2 aromatic rings. The maximum Gasteiger partial charge on any atom is 0.318 e. The molecule has 1 saturated heterocycles. The van der Waals surface area contributed by atoms with Crippen molar-refractivity contribution in [2.75, 3.05) is 23.3 Å². The molecule has 2 aromatic heterocycles. The van der Waals surface area contributed by atoms with Crippen molar-refractivity contribution in [3.8, 4) is 0 Å². The maximum absolute atomic E-state index is 12.9. The molecule has 1 fully saturated rings. The molecular formula is C16H20F2N4O. The van der Waals surface area contributed by atoms with Crippen molar-refractivity contribution in [3.63, 3.8) is 0 Å². The molecule has 124 valence electrons. The first-order chi connectivity index (χ1) is 11.1. The SMILES string of the molecule is OC1CCN(c2ncccc2NCc2cccn2C(F)F)CC1. The Morgan fingerprint density at radius 3 is 2.78 bits per heavy atom. The molecule has 0 unspecified atom stereocenters. The van der Waals surface area contributed by atoms with E-state index in [-0.39, 0.29) is 6.10 Å². The van der Waals surface area contributed by atoms with Crippen LogP contribution in [-0.4, -0.2) is 33.9 Å². The van der Waals surface area contributed by atoms with E-state index in [0.29, 0.717) is 25.1 Å². The molecule has 5 nitrogen and oxygen atoms in total. The fourth-order valence-corrected chi connectivity index (χ4v) is 2.82.